The molecule has 1 amide bonds. The van der Waals surface area contributed by atoms with E-state index in [1.807, 2.05) is 38.1 Å². The van der Waals surface area contributed by atoms with Gasteiger partial charge in [0, 0.05) is 0 Å². The quantitative estimate of drug-likeness (QED) is 0.816. The first-order chi connectivity index (χ1) is 8.08. The van der Waals surface area contributed by atoms with Crippen LogP contribution in [0, 0.1) is 0 Å². The zero-order valence-corrected chi connectivity index (χ0v) is 10.6. The topological polar surface area (TPSA) is 64.4 Å². The van der Waals surface area contributed by atoms with Gasteiger partial charge in [-0.25, -0.2) is 0 Å². The first-order valence-electron chi connectivity index (χ1n) is 5.78. The Bertz CT molecular complexity index is 379. The van der Waals surface area contributed by atoms with Gasteiger partial charge in [0.25, 0.3) is 0 Å². The second kappa shape index (κ2) is 6.25. The molecule has 0 aliphatic rings. The molecule has 0 radical (unpaired) electrons. The summed E-state index contributed by atoms with van der Waals surface area (Å²) in [4.78, 5) is 11.6. The molecule has 0 aromatic heterocycles. The van der Waals surface area contributed by atoms with Crippen molar-refractivity contribution < 1.29 is 9.53 Å². The Hall–Kier alpha value is -1.55. The van der Waals surface area contributed by atoms with E-state index in [2.05, 4.69) is 5.32 Å². The lowest BCUT2D eigenvalue weighted by Crippen LogP contribution is -2.41. The maximum absolute atomic E-state index is 11.6. The average Bonchev–Trinajstić information content (AvgIpc) is 2.37. The number of benzene rings is 1. The van der Waals surface area contributed by atoms with Crippen molar-refractivity contribution in [3.05, 3.63) is 29.8 Å². The molecule has 0 heterocycles. The van der Waals surface area contributed by atoms with E-state index in [1.165, 1.54) is 0 Å². The lowest BCUT2D eigenvalue weighted by Gasteiger charge is -2.17. The molecule has 0 bridgehead atoms. The standard InChI is InChI=1S/C13H20N2O2/c1-4-12(14)13(16)15-9(2)10-6-5-7-11(8-10)17-3/h5-9,12H,4,14H2,1-3H3,(H,15,16)/t9-,12?/m1/s1. The molecule has 1 rings (SSSR count). The number of carbonyl (C=O) groups is 1. The Balaban J connectivity index is 2.69. The fourth-order valence-corrected chi connectivity index (χ4v) is 1.50. The van der Waals surface area contributed by atoms with Crippen molar-refractivity contribution in [2.24, 2.45) is 5.73 Å². The number of hydrogen-bond donors (Lipinski definition) is 2. The van der Waals surface area contributed by atoms with Crippen molar-refractivity contribution in [2.45, 2.75) is 32.4 Å². The third kappa shape index (κ3) is 3.75. The van der Waals surface area contributed by atoms with Gasteiger partial charge < -0.3 is 15.8 Å². The van der Waals surface area contributed by atoms with E-state index < -0.39 is 6.04 Å². The second-order valence-electron chi connectivity index (χ2n) is 4.02. The van der Waals surface area contributed by atoms with Gasteiger partial charge in [0.15, 0.2) is 0 Å². The first kappa shape index (κ1) is 13.5. The van der Waals surface area contributed by atoms with Crippen molar-refractivity contribution in [1.82, 2.24) is 5.32 Å². The van der Waals surface area contributed by atoms with Gasteiger partial charge in [-0.2, -0.15) is 0 Å². The van der Waals surface area contributed by atoms with E-state index in [0.717, 1.165) is 11.3 Å². The van der Waals surface area contributed by atoms with Crippen LogP contribution in [0.25, 0.3) is 0 Å². The van der Waals surface area contributed by atoms with Gasteiger partial charge in [-0.05, 0) is 31.0 Å². The van der Waals surface area contributed by atoms with Gasteiger partial charge in [-0.1, -0.05) is 19.1 Å². The van der Waals surface area contributed by atoms with E-state index in [9.17, 15) is 4.79 Å². The highest BCUT2D eigenvalue weighted by Crippen LogP contribution is 2.18. The monoisotopic (exact) mass is 236 g/mol. The van der Waals surface area contributed by atoms with Crippen molar-refractivity contribution in [3.8, 4) is 5.75 Å². The minimum Gasteiger partial charge on any atom is -0.497 e. The summed E-state index contributed by atoms with van der Waals surface area (Å²) in [6.45, 7) is 3.81. The lowest BCUT2D eigenvalue weighted by molar-refractivity contribution is -0.123. The summed E-state index contributed by atoms with van der Waals surface area (Å²) >= 11 is 0. The van der Waals surface area contributed by atoms with Gasteiger partial charge >= 0.3 is 0 Å². The van der Waals surface area contributed by atoms with Gasteiger partial charge in [0.1, 0.15) is 5.75 Å². The minimum atomic E-state index is -0.442. The molecule has 94 valence electrons. The molecular formula is C13H20N2O2. The van der Waals surface area contributed by atoms with Crippen LogP contribution in [0.1, 0.15) is 31.9 Å². The third-order valence-corrected chi connectivity index (χ3v) is 2.73. The largest absolute Gasteiger partial charge is 0.497 e. The summed E-state index contributed by atoms with van der Waals surface area (Å²) in [6, 6.07) is 7.11. The van der Waals surface area contributed by atoms with Gasteiger partial charge in [0.05, 0.1) is 19.2 Å². The van der Waals surface area contributed by atoms with Gasteiger partial charge in [-0.15, -0.1) is 0 Å². The molecular weight excluding hydrogens is 216 g/mol. The number of carbonyl (C=O) groups excluding carboxylic acids is 1. The van der Waals surface area contributed by atoms with Crippen LogP contribution in [-0.2, 0) is 4.79 Å². The SMILES string of the molecule is CCC(N)C(=O)N[C@H](C)c1cccc(OC)c1. The van der Waals surface area contributed by atoms with E-state index in [1.54, 1.807) is 7.11 Å². The van der Waals surface area contributed by atoms with Crippen molar-refractivity contribution in [3.63, 3.8) is 0 Å². The molecule has 0 saturated heterocycles. The predicted octanol–water partition coefficient (Wildman–Crippen LogP) is 1.61. The maximum atomic E-state index is 11.6. The van der Waals surface area contributed by atoms with Crippen LogP contribution in [0.5, 0.6) is 5.75 Å². The number of methoxy groups -OCH3 is 1. The normalized spacial score (nSPS) is 13.9. The molecule has 0 aliphatic carbocycles. The van der Waals surface area contributed by atoms with Crippen LogP contribution in [0.4, 0.5) is 0 Å². The molecule has 1 aromatic rings. The Kier molecular flexibility index (Phi) is 4.97. The molecule has 4 heteroatoms. The van der Waals surface area contributed by atoms with E-state index >= 15 is 0 Å². The summed E-state index contributed by atoms with van der Waals surface area (Å²) in [7, 11) is 1.62. The average molecular weight is 236 g/mol. The highest BCUT2D eigenvalue weighted by atomic mass is 16.5. The van der Waals surface area contributed by atoms with Gasteiger partial charge in [0.2, 0.25) is 5.91 Å². The van der Waals surface area contributed by atoms with Crippen LogP contribution in [-0.4, -0.2) is 19.1 Å². The van der Waals surface area contributed by atoms with Crippen LogP contribution in [0.3, 0.4) is 0 Å². The van der Waals surface area contributed by atoms with Crippen molar-refractivity contribution >= 4 is 5.91 Å². The van der Waals surface area contributed by atoms with E-state index in [0.29, 0.717) is 6.42 Å². The molecule has 0 saturated carbocycles. The van der Waals surface area contributed by atoms with Crippen LogP contribution in [0.15, 0.2) is 24.3 Å². The van der Waals surface area contributed by atoms with Crippen LogP contribution < -0.4 is 15.8 Å². The number of hydrogen-bond acceptors (Lipinski definition) is 3. The summed E-state index contributed by atoms with van der Waals surface area (Å²) in [5.74, 6) is 0.659. The molecule has 1 aromatic carbocycles. The highest BCUT2D eigenvalue weighted by molar-refractivity contribution is 5.81. The lowest BCUT2D eigenvalue weighted by atomic mass is 10.1. The number of ether oxygens (including phenoxy) is 1. The Morgan fingerprint density at radius 1 is 1.53 bits per heavy atom. The number of nitrogens with two attached hydrogens (primary N) is 1. The fraction of sp³-hybridized carbons (Fsp3) is 0.462. The van der Waals surface area contributed by atoms with E-state index in [-0.39, 0.29) is 11.9 Å². The molecule has 3 N–H and O–H groups in total. The molecule has 0 fully saturated rings. The third-order valence-electron chi connectivity index (χ3n) is 2.73. The second-order valence-corrected chi connectivity index (χ2v) is 4.02. The summed E-state index contributed by atoms with van der Waals surface area (Å²) < 4.78 is 5.14. The fourth-order valence-electron chi connectivity index (χ4n) is 1.50. The zero-order valence-electron chi connectivity index (χ0n) is 10.6. The van der Waals surface area contributed by atoms with Crippen LogP contribution in [0.2, 0.25) is 0 Å². The number of nitrogens with one attached hydrogen (secondary N) is 1. The molecule has 0 aliphatic heterocycles. The summed E-state index contributed by atoms with van der Waals surface area (Å²) in [6.07, 6.45) is 0.636. The highest BCUT2D eigenvalue weighted by Gasteiger charge is 2.14. The summed E-state index contributed by atoms with van der Waals surface area (Å²) in [5, 5.41) is 2.88. The predicted molar refractivity (Wildman–Crippen MR) is 67.8 cm³/mol. The number of amides is 1. The molecule has 1 unspecified atom stereocenters. The maximum Gasteiger partial charge on any atom is 0.237 e. The first-order valence-corrected chi connectivity index (χ1v) is 5.78. The Morgan fingerprint density at radius 3 is 2.82 bits per heavy atom. The van der Waals surface area contributed by atoms with Crippen LogP contribution >= 0.6 is 0 Å². The minimum absolute atomic E-state index is 0.0739. The molecule has 17 heavy (non-hydrogen) atoms. The van der Waals surface area contributed by atoms with Crippen molar-refractivity contribution in [2.75, 3.05) is 7.11 Å². The Morgan fingerprint density at radius 2 is 2.24 bits per heavy atom. The summed E-state index contributed by atoms with van der Waals surface area (Å²) in [5.41, 5.74) is 6.66. The molecule has 4 nitrogen and oxygen atoms in total. The van der Waals surface area contributed by atoms with Gasteiger partial charge in [-0.3, -0.25) is 4.79 Å². The molecule has 0 spiro atoms. The van der Waals surface area contributed by atoms with Crippen molar-refractivity contribution in [1.29, 1.82) is 0 Å². The zero-order chi connectivity index (χ0) is 12.8. The smallest absolute Gasteiger partial charge is 0.237 e. The molecule has 2 atom stereocenters. The van der Waals surface area contributed by atoms with E-state index in [4.69, 9.17) is 10.5 Å². The number of rotatable bonds is 5. The Labute approximate surface area is 102 Å².